The van der Waals surface area contributed by atoms with Crippen molar-refractivity contribution in [2.24, 2.45) is 35.5 Å². The second-order valence-electron chi connectivity index (χ2n) is 11.1. The summed E-state index contributed by atoms with van der Waals surface area (Å²) in [5.41, 5.74) is 1.05. The second-order valence-corrected chi connectivity index (χ2v) is 11.1. The zero-order chi connectivity index (χ0) is 23.0. The zero-order valence-corrected chi connectivity index (χ0v) is 21.0. The lowest BCUT2D eigenvalue weighted by atomic mass is 9.68. The molecule has 2 saturated carbocycles. The molecule has 3 aliphatic rings. The molecule has 0 heterocycles. The van der Waals surface area contributed by atoms with Gasteiger partial charge in [0.05, 0.1) is 6.61 Å². The van der Waals surface area contributed by atoms with Crippen LogP contribution < -0.4 is 4.74 Å². The first-order valence-electron chi connectivity index (χ1n) is 13.9. The summed E-state index contributed by atoms with van der Waals surface area (Å²) in [5.74, 6) is 5.40. The highest BCUT2D eigenvalue weighted by atomic mass is 19.1. The number of hydrogen-bond acceptors (Lipinski definition) is 1. The Kier molecular flexibility index (Phi) is 9.10. The van der Waals surface area contributed by atoms with E-state index in [1.165, 1.54) is 64.2 Å². The van der Waals surface area contributed by atoms with Crippen LogP contribution in [0.15, 0.2) is 42.5 Å². The Labute approximate surface area is 201 Å². The van der Waals surface area contributed by atoms with Gasteiger partial charge in [0.1, 0.15) is 0 Å². The summed E-state index contributed by atoms with van der Waals surface area (Å²) in [7, 11) is 0. The fraction of sp³-hybridized carbons (Fsp3) is 0.677. The van der Waals surface area contributed by atoms with Crippen LogP contribution >= 0.6 is 0 Å². The molecule has 182 valence electrons. The van der Waals surface area contributed by atoms with Gasteiger partial charge < -0.3 is 4.74 Å². The first kappa shape index (κ1) is 24.6. The third kappa shape index (κ3) is 6.96. The summed E-state index contributed by atoms with van der Waals surface area (Å²) in [6, 6.07) is 5.38. The predicted octanol–water partition coefficient (Wildman–Crippen LogP) is 8.93. The van der Waals surface area contributed by atoms with Crippen molar-refractivity contribution in [1.29, 1.82) is 0 Å². The topological polar surface area (TPSA) is 9.23 Å². The largest absolute Gasteiger partial charge is 0.491 e. The summed E-state index contributed by atoms with van der Waals surface area (Å²) in [4.78, 5) is 0. The van der Waals surface area contributed by atoms with E-state index in [0.717, 1.165) is 53.9 Å². The molecular formula is C31H45FO. The van der Waals surface area contributed by atoms with Gasteiger partial charge in [0.25, 0.3) is 0 Å². The Balaban J connectivity index is 1.15. The van der Waals surface area contributed by atoms with Gasteiger partial charge in [0, 0.05) is 0 Å². The lowest BCUT2D eigenvalue weighted by molar-refractivity contribution is 0.192. The Bertz CT molecular complexity index is 780. The highest BCUT2D eigenvalue weighted by Gasteiger charge is 2.31. The molecule has 0 saturated heterocycles. The van der Waals surface area contributed by atoms with Gasteiger partial charge >= 0.3 is 0 Å². The molecule has 33 heavy (non-hydrogen) atoms. The molecule has 1 nitrogen and oxygen atoms in total. The summed E-state index contributed by atoms with van der Waals surface area (Å²) < 4.78 is 19.3. The number of allylic oxidation sites excluding steroid dienone is 4. The van der Waals surface area contributed by atoms with Crippen LogP contribution in [0, 0.1) is 41.3 Å². The van der Waals surface area contributed by atoms with Gasteiger partial charge in [-0.15, -0.1) is 0 Å². The number of hydrogen-bond donors (Lipinski definition) is 0. The van der Waals surface area contributed by atoms with Crippen LogP contribution in [0.3, 0.4) is 0 Å². The van der Waals surface area contributed by atoms with Crippen molar-refractivity contribution < 1.29 is 9.13 Å². The Morgan fingerprint density at radius 2 is 1.52 bits per heavy atom. The maximum atomic E-state index is 14.0. The van der Waals surface area contributed by atoms with E-state index in [2.05, 4.69) is 31.2 Å². The third-order valence-corrected chi connectivity index (χ3v) is 8.83. The van der Waals surface area contributed by atoms with Crippen molar-refractivity contribution in [3.63, 3.8) is 0 Å². The summed E-state index contributed by atoms with van der Waals surface area (Å²) in [6.45, 7) is 4.81. The summed E-state index contributed by atoms with van der Waals surface area (Å²) >= 11 is 0. The number of ether oxygens (including phenoxy) is 1. The second kappa shape index (κ2) is 12.2. The van der Waals surface area contributed by atoms with Crippen molar-refractivity contribution in [3.8, 4) is 5.75 Å². The van der Waals surface area contributed by atoms with Crippen LogP contribution in [0.4, 0.5) is 4.39 Å². The Morgan fingerprint density at radius 3 is 2.09 bits per heavy atom. The molecule has 4 rings (SSSR count). The van der Waals surface area contributed by atoms with Crippen molar-refractivity contribution >= 4 is 0 Å². The van der Waals surface area contributed by atoms with Crippen LogP contribution in [0.5, 0.6) is 5.75 Å². The molecule has 3 aliphatic carbocycles. The van der Waals surface area contributed by atoms with Crippen molar-refractivity contribution in [1.82, 2.24) is 0 Å². The molecule has 2 atom stereocenters. The van der Waals surface area contributed by atoms with Crippen molar-refractivity contribution in [2.75, 3.05) is 6.61 Å². The maximum absolute atomic E-state index is 14.0. The zero-order valence-electron chi connectivity index (χ0n) is 21.0. The molecular weight excluding hydrogens is 407 g/mol. The first-order chi connectivity index (χ1) is 16.1. The first-order valence-corrected chi connectivity index (χ1v) is 13.9. The average molecular weight is 453 g/mol. The Morgan fingerprint density at radius 1 is 0.879 bits per heavy atom. The van der Waals surface area contributed by atoms with E-state index in [4.69, 9.17) is 4.74 Å². The smallest absolute Gasteiger partial charge is 0.165 e. The van der Waals surface area contributed by atoms with E-state index >= 15 is 0 Å². The third-order valence-electron chi connectivity index (χ3n) is 8.83. The van der Waals surface area contributed by atoms with Gasteiger partial charge in [0.15, 0.2) is 11.6 Å². The van der Waals surface area contributed by atoms with Crippen LogP contribution in [0.25, 0.3) is 0 Å². The van der Waals surface area contributed by atoms with Crippen molar-refractivity contribution in [3.05, 3.63) is 53.9 Å². The van der Waals surface area contributed by atoms with Gasteiger partial charge in [-0.3, -0.25) is 0 Å². The minimum Gasteiger partial charge on any atom is -0.491 e. The minimum atomic E-state index is -0.243. The average Bonchev–Trinajstić information content (AvgIpc) is 2.85. The SMILES string of the molecule is CCOc1ccc(CC/C=C/C2CCC(C3C=CC(C4CCC(C)CC4)CC3)CC2)cc1F. The molecule has 0 aromatic heterocycles. The number of rotatable bonds is 8. The van der Waals surface area contributed by atoms with E-state index in [0.29, 0.717) is 12.4 Å². The number of aryl methyl sites for hydroxylation is 1. The number of halogens is 1. The van der Waals surface area contributed by atoms with E-state index in [9.17, 15) is 4.39 Å². The molecule has 0 radical (unpaired) electrons. The van der Waals surface area contributed by atoms with E-state index < -0.39 is 0 Å². The van der Waals surface area contributed by atoms with E-state index in [1.54, 1.807) is 12.1 Å². The van der Waals surface area contributed by atoms with Crippen molar-refractivity contribution in [2.45, 2.75) is 90.9 Å². The predicted molar refractivity (Wildman–Crippen MR) is 137 cm³/mol. The fourth-order valence-electron chi connectivity index (χ4n) is 6.64. The molecule has 2 fully saturated rings. The summed E-state index contributed by atoms with van der Waals surface area (Å²) in [5, 5.41) is 0. The molecule has 0 bridgehead atoms. The number of benzene rings is 1. The monoisotopic (exact) mass is 452 g/mol. The maximum Gasteiger partial charge on any atom is 0.165 e. The van der Waals surface area contributed by atoms with Gasteiger partial charge in [-0.25, -0.2) is 4.39 Å². The van der Waals surface area contributed by atoms with Crippen LogP contribution in [-0.4, -0.2) is 6.61 Å². The highest BCUT2D eigenvalue weighted by molar-refractivity contribution is 5.29. The van der Waals surface area contributed by atoms with E-state index in [1.807, 2.05) is 13.0 Å². The molecule has 0 aliphatic heterocycles. The normalized spacial score (nSPS) is 32.8. The molecule has 1 aromatic rings. The highest BCUT2D eigenvalue weighted by Crippen LogP contribution is 2.43. The van der Waals surface area contributed by atoms with E-state index in [-0.39, 0.29) is 5.82 Å². The van der Waals surface area contributed by atoms with Gasteiger partial charge in [-0.1, -0.05) is 50.1 Å². The summed E-state index contributed by atoms with van der Waals surface area (Å²) in [6.07, 6.45) is 26.1. The van der Waals surface area contributed by atoms with Crippen LogP contribution in [0.2, 0.25) is 0 Å². The molecule has 0 spiro atoms. The Hall–Kier alpha value is -1.57. The lowest BCUT2D eigenvalue weighted by Gasteiger charge is -2.37. The molecule has 1 aromatic carbocycles. The van der Waals surface area contributed by atoms with Gasteiger partial charge in [0.2, 0.25) is 0 Å². The molecule has 2 unspecified atom stereocenters. The molecule has 2 heteroatoms. The molecule has 0 N–H and O–H groups in total. The fourth-order valence-corrected chi connectivity index (χ4v) is 6.64. The quantitative estimate of drug-likeness (QED) is 0.358. The molecule has 0 amide bonds. The van der Waals surface area contributed by atoms with Crippen LogP contribution in [0.1, 0.15) is 90.0 Å². The standard InChI is InChI=1S/C31H45FO/c1-3-33-31-21-12-25(22-30(31)32)7-5-4-6-24-10-15-27(16-11-24)29-19-17-28(18-20-29)26-13-8-23(2)9-14-26/h4,6,12,17,19,21-24,26-29H,3,5,7-11,13-16,18,20H2,1-2H3/b6-4+. The minimum absolute atomic E-state index is 0.243. The van der Waals surface area contributed by atoms with Crippen LogP contribution in [-0.2, 0) is 6.42 Å². The lowest BCUT2D eigenvalue weighted by Crippen LogP contribution is -2.26. The van der Waals surface area contributed by atoms with Gasteiger partial charge in [-0.2, -0.15) is 0 Å². The van der Waals surface area contributed by atoms with Gasteiger partial charge in [-0.05, 0) is 124 Å².